The fourth-order valence-electron chi connectivity index (χ4n) is 2.94. The van der Waals surface area contributed by atoms with Crippen molar-refractivity contribution in [2.75, 3.05) is 28.4 Å². The smallest absolute Gasteiger partial charge is 0.204 e. The zero-order valence-corrected chi connectivity index (χ0v) is 14.6. The van der Waals surface area contributed by atoms with Gasteiger partial charge in [-0.3, -0.25) is 4.79 Å². The van der Waals surface area contributed by atoms with Crippen molar-refractivity contribution >= 4 is 5.78 Å². The maximum absolute atomic E-state index is 12.6. The second kappa shape index (κ2) is 6.93. The number of carbonyl (C=O) groups is 1. The molecule has 1 aliphatic heterocycles. The van der Waals surface area contributed by atoms with Crippen molar-refractivity contribution in [3.05, 3.63) is 41.5 Å². The maximum Gasteiger partial charge on any atom is 0.204 e. The number of carbonyl (C=O) groups excluding carboxylic acids is 1. The minimum atomic E-state index is -0.444. The molecule has 1 aliphatic rings. The normalized spacial score (nSPS) is 15.8. The molecule has 25 heavy (non-hydrogen) atoms. The van der Waals surface area contributed by atoms with Crippen LogP contribution in [0.5, 0.6) is 28.7 Å². The Hall–Kier alpha value is -2.89. The van der Waals surface area contributed by atoms with Gasteiger partial charge >= 0.3 is 0 Å². The highest BCUT2D eigenvalue weighted by Gasteiger charge is 2.32. The summed E-state index contributed by atoms with van der Waals surface area (Å²) < 4.78 is 27.4. The highest BCUT2D eigenvalue weighted by Crippen LogP contribution is 2.46. The summed E-state index contributed by atoms with van der Waals surface area (Å²) >= 11 is 0. The first kappa shape index (κ1) is 17.0. The van der Waals surface area contributed by atoms with Crippen LogP contribution in [0, 0.1) is 0 Å². The van der Waals surface area contributed by atoms with Crippen molar-refractivity contribution in [1.29, 1.82) is 0 Å². The van der Waals surface area contributed by atoms with Gasteiger partial charge in [-0.2, -0.15) is 0 Å². The van der Waals surface area contributed by atoms with E-state index in [1.165, 1.54) is 7.11 Å². The van der Waals surface area contributed by atoms with Crippen molar-refractivity contribution < 1.29 is 28.5 Å². The van der Waals surface area contributed by atoms with Gasteiger partial charge in [-0.15, -0.1) is 0 Å². The fraction of sp³-hybridized carbons (Fsp3) is 0.316. The summed E-state index contributed by atoms with van der Waals surface area (Å²) in [5.41, 5.74) is 1.32. The zero-order valence-electron chi connectivity index (χ0n) is 14.6. The van der Waals surface area contributed by atoms with E-state index in [4.69, 9.17) is 23.7 Å². The number of ether oxygens (including phenoxy) is 5. The monoisotopic (exact) mass is 344 g/mol. The quantitative estimate of drug-likeness (QED) is 0.828. The lowest BCUT2D eigenvalue weighted by Crippen LogP contribution is -2.21. The third kappa shape index (κ3) is 2.95. The van der Waals surface area contributed by atoms with Gasteiger partial charge in [0.05, 0.1) is 40.4 Å². The molecule has 0 aliphatic carbocycles. The van der Waals surface area contributed by atoms with Gasteiger partial charge < -0.3 is 23.7 Å². The molecule has 0 amide bonds. The summed E-state index contributed by atoms with van der Waals surface area (Å²) in [6.45, 7) is 0. The minimum Gasteiger partial charge on any atom is -0.493 e. The van der Waals surface area contributed by atoms with E-state index in [0.29, 0.717) is 34.3 Å². The van der Waals surface area contributed by atoms with Crippen molar-refractivity contribution in [1.82, 2.24) is 0 Å². The van der Waals surface area contributed by atoms with Crippen molar-refractivity contribution in [2.24, 2.45) is 0 Å². The first-order chi connectivity index (χ1) is 12.1. The lowest BCUT2D eigenvalue weighted by molar-refractivity contribution is 0.0841. The Bertz CT molecular complexity index is 799. The molecule has 6 nitrogen and oxygen atoms in total. The van der Waals surface area contributed by atoms with Gasteiger partial charge in [0.2, 0.25) is 5.75 Å². The molecule has 3 rings (SSSR count). The number of ketones is 1. The molecule has 2 aromatic rings. The molecular weight excluding hydrogens is 324 g/mol. The van der Waals surface area contributed by atoms with Crippen LogP contribution in [-0.4, -0.2) is 34.2 Å². The Balaban J connectivity index is 2.02. The molecule has 0 saturated carbocycles. The zero-order chi connectivity index (χ0) is 18.0. The van der Waals surface area contributed by atoms with Gasteiger partial charge in [0.1, 0.15) is 6.10 Å². The van der Waals surface area contributed by atoms with Gasteiger partial charge in [-0.1, -0.05) is 6.07 Å². The number of fused-ring (bicyclic) bond motifs is 1. The molecule has 132 valence electrons. The van der Waals surface area contributed by atoms with Gasteiger partial charge in [0, 0.05) is 0 Å². The van der Waals surface area contributed by atoms with Crippen LogP contribution in [0.2, 0.25) is 0 Å². The largest absolute Gasteiger partial charge is 0.493 e. The SMILES string of the molecule is COc1ccc(C2CC(=O)c3ccc(OC)c(OC)c3O2)cc1OC. The minimum absolute atomic E-state index is 0.0120. The number of Topliss-reactive ketones (excluding diaryl/α,β-unsaturated/α-hetero) is 1. The van der Waals surface area contributed by atoms with Gasteiger partial charge in [-0.25, -0.2) is 0 Å². The summed E-state index contributed by atoms with van der Waals surface area (Å²) in [5.74, 6) is 2.52. The van der Waals surface area contributed by atoms with Gasteiger partial charge in [0.15, 0.2) is 28.8 Å². The van der Waals surface area contributed by atoms with E-state index in [2.05, 4.69) is 0 Å². The second-order valence-electron chi connectivity index (χ2n) is 5.53. The average molecular weight is 344 g/mol. The lowest BCUT2D eigenvalue weighted by atomic mass is 9.95. The number of methoxy groups -OCH3 is 4. The lowest BCUT2D eigenvalue weighted by Gasteiger charge is -2.27. The van der Waals surface area contributed by atoms with Crippen LogP contribution >= 0.6 is 0 Å². The van der Waals surface area contributed by atoms with E-state index in [-0.39, 0.29) is 12.2 Å². The van der Waals surface area contributed by atoms with Crippen molar-refractivity contribution in [3.8, 4) is 28.7 Å². The molecular formula is C19H20O6. The maximum atomic E-state index is 12.6. The van der Waals surface area contributed by atoms with E-state index in [1.54, 1.807) is 39.5 Å². The van der Waals surface area contributed by atoms with Crippen LogP contribution in [0.15, 0.2) is 30.3 Å². The Morgan fingerprint density at radius 1 is 0.880 bits per heavy atom. The van der Waals surface area contributed by atoms with Crippen LogP contribution < -0.4 is 23.7 Å². The van der Waals surface area contributed by atoms with Crippen LogP contribution in [-0.2, 0) is 0 Å². The topological polar surface area (TPSA) is 63.2 Å². The standard InChI is InChI=1S/C19H20O6/c1-21-14-7-5-11(9-17(14)23-3)16-10-13(20)12-6-8-15(22-2)19(24-4)18(12)25-16/h5-9,16H,10H2,1-4H3. The van der Waals surface area contributed by atoms with Crippen molar-refractivity contribution in [3.63, 3.8) is 0 Å². The fourth-order valence-corrected chi connectivity index (χ4v) is 2.94. The molecule has 0 spiro atoms. The highest BCUT2D eigenvalue weighted by atomic mass is 16.5. The Labute approximate surface area is 146 Å². The first-order valence-corrected chi connectivity index (χ1v) is 7.79. The molecule has 1 heterocycles. The molecule has 0 aromatic heterocycles. The van der Waals surface area contributed by atoms with Gasteiger partial charge in [0.25, 0.3) is 0 Å². The van der Waals surface area contributed by atoms with Crippen LogP contribution in [0.25, 0.3) is 0 Å². The van der Waals surface area contributed by atoms with Gasteiger partial charge in [-0.05, 0) is 29.8 Å². The molecule has 0 bridgehead atoms. The molecule has 1 atom stereocenters. The second-order valence-corrected chi connectivity index (χ2v) is 5.53. The molecule has 0 saturated heterocycles. The number of rotatable bonds is 5. The number of benzene rings is 2. The van der Waals surface area contributed by atoms with Crippen molar-refractivity contribution in [2.45, 2.75) is 12.5 Å². The summed E-state index contributed by atoms with van der Waals surface area (Å²) in [6, 6.07) is 8.87. The third-order valence-corrected chi connectivity index (χ3v) is 4.21. The predicted molar refractivity (Wildman–Crippen MR) is 91.4 cm³/mol. The predicted octanol–water partition coefficient (Wildman–Crippen LogP) is 3.43. The molecule has 6 heteroatoms. The van der Waals surface area contributed by atoms with E-state index in [1.807, 2.05) is 12.1 Å². The molecule has 0 radical (unpaired) electrons. The Morgan fingerprint density at radius 2 is 1.56 bits per heavy atom. The summed E-state index contributed by atoms with van der Waals surface area (Å²) in [5, 5.41) is 0. The van der Waals surface area contributed by atoms with Crippen LogP contribution in [0.4, 0.5) is 0 Å². The molecule has 0 N–H and O–H groups in total. The van der Waals surface area contributed by atoms with E-state index in [0.717, 1.165) is 5.56 Å². The molecule has 0 fully saturated rings. The summed E-state index contributed by atoms with van der Waals surface area (Å²) in [4.78, 5) is 12.6. The number of hydrogen-bond acceptors (Lipinski definition) is 6. The van der Waals surface area contributed by atoms with E-state index < -0.39 is 6.10 Å². The highest BCUT2D eigenvalue weighted by molar-refractivity contribution is 6.01. The molecule has 1 unspecified atom stereocenters. The third-order valence-electron chi connectivity index (χ3n) is 4.21. The summed E-state index contributed by atoms with van der Waals surface area (Å²) in [7, 11) is 6.20. The molecule has 2 aromatic carbocycles. The Morgan fingerprint density at radius 3 is 2.20 bits per heavy atom. The van der Waals surface area contributed by atoms with E-state index in [9.17, 15) is 4.79 Å². The first-order valence-electron chi connectivity index (χ1n) is 7.79. The van der Waals surface area contributed by atoms with E-state index >= 15 is 0 Å². The van der Waals surface area contributed by atoms with Crippen LogP contribution in [0.3, 0.4) is 0 Å². The van der Waals surface area contributed by atoms with Crippen LogP contribution in [0.1, 0.15) is 28.4 Å². The summed E-state index contributed by atoms with van der Waals surface area (Å²) in [6.07, 6.45) is -0.210. The Kier molecular flexibility index (Phi) is 4.70. The number of hydrogen-bond donors (Lipinski definition) is 0. The average Bonchev–Trinajstić information content (AvgIpc) is 2.66.